The highest BCUT2D eigenvalue weighted by Crippen LogP contribution is 2.44. The van der Waals surface area contributed by atoms with E-state index < -0.39 is 0 Å². The molecule has 2 aliphatic heterocycles. The Bertz CT molecular complexity index is 893. The number of hydrogen-bond acceptors (Lipinski definition) is 5. The standard InChI is InChI=1S/C18H14N2O2S2/c1-19-13-10-12(11-6-4-3-5-7-11)8-9-14(13)22-17(19)15-16(21)20(2)18(23)24-15/h3-10H,1-2H3/b17-15+. The number of hydrogen-bond donors (Lipinski definition) is 0. The fraction of sp³-hybridized carbons (Fsp3) is 0.111. The largest absolute Gasteiger partial charge is 0.437 e. The fourth-order valence-corrected chi connectivity index (χ4v) is 3.94. The summed E-state index contributed by atoms with van der Waals surface area (Å²) in [6.07, 6.45) is 0. The molecular formula is C18H14N2O2S2. The molecule has 24 heavy (non-hydrogen) atoms. The topological polar surface area (TPSA) is 32.8 Å². The van der Waals surface area contributed by atoms with Crippen LogP contribution in [0.4, 0.5) is 5.69 Å². The summed E-state index contributed by atoms with van der Waals surface area (Å²) >= 11 is 6.48. The smallest absolute Gasteiger partial charge is 0.271 e. The second kappa shape index (κ2) is 5.65. The summed E-state index contributed by atoms with van der Waals surface area (Å²) in [6.45, 7) is 0. The predicted molar refractivity (Wildman–Crippen MR) is 101 cm³/mol. The quantitative estimate of drug-likeness (QED) is 0.574. The lowest BCUT2D eigenvalue weighted by Crippen LogP contribution is -2.24. The molecule has 0 radical (unpaired) electrons. The maximum Gasteiger partial charge on any atom is 0.271 e. The molecule has 6 heteroatoms. The number of fused-ring (bicyclic) bond motifs is 1. The number of amides is 1. The number of rotatable bonds is 1. The van der Waals surface area contributed by atoms with Crippen molar-refractivity contribution in [2.45, 2.75) is 0 Å². The molecule has 2 aliphatic rings. The van der Waals surface area contributed by atoms with Crippen LogP contribution in [0.15, 0.2) is 59.3 Å². The summed E-state index contributed by atoms with van der Waals surface area (Å²) in [5.41, 5.74) is 3.18. The van der Waals surface area contributed by atoms with E-state index in [1.807, 2.05) is 42.3 Å². The van der Waals surface area contributed by atoms with E-state index in [0.29, 0.717) is 15.1 Å². The van der Waals surface area contributed by atoms with Gasteiger partial charge in [-0.25, -0.2) is 0 Å². The van der Waals surface area contributed by atoms with Gasteiger partial charge in [-0.15, -0.1) is 0 Å². The Balaban J connectivity index is 1.75. The summed E-state index contributed by atoms with van der Waals surface area (Å²) in [5, 5.41) is 0. The van der Waals surface area contributed by atoms with Gasteiger partial charge in [0.15, 0.2) is 5.75 Å². The molecule has 2 heterocycles. The third kappa shape index (κ3) is 2.30. The number of thiocarbonyl (C=S) groups is 1. The number of nitrogens with zero attached hydrogens (tertiary/aromatic N) is 2. The highest BCUT2D eigenvalue weighted by Gasteiger charge is 2.37. The Labute approximate surface area is 149 Å². The van der Waals surface area contributed by atoms with Gasteiger partial charge in [0.1, 0.15) is 9.23 Å². The molecule has 4 nitrogen and oxygen atoms in total. The molecule has 1 saturated heterocycles. The van der Waals surface area contributed by atoms with E-state index in [2.05, 4.69) is 18.2 Å². The van der Waals surface area contributed by atoms with Crippen molar-refractivity contribution < 1.29 is 9.53 Å². The number of likely N-dealkylation sites (N-methyl/N-ethyl adjacent to an activating group) is 1. The molecule has 0 saturated carbocycles. The van der Waals surface area contributed by atoms with E-state index in [9.17, 15) is 4.79 Å². The Morgan fingerprint density at radius 3 is 2.42 bits per heavy atom. The lowest BCUT2D eigenvalue weighted by molar-refractivity contribution is -0.121. The van der Waals surface area contributed by atoms with Gasteiger partial charge < -0.3 is 9.64 Å². The molecule has 0 bridgehead atoms. The first-order valence-electron chi connectivity index (χ1n) is 7.41. The van der Waals surface area contributed by atoms with Crippen molar-refractivity contribution in [3.8, 4) is 16.9 Å². The van der Waals surface area contributed by atoms with Gasteiger partial charge in [0.2, 0.25) is 5.88 Å². The first kappa shape index (κ1) is 15.2. The van der Waals surface area contributed by atoms with Crippen molar-refractivity contribution in [2.75, 3.05) is 19.0 Å². The van der Waals surface area contributed by atoms with Crippen molar-refractivity contribution in [3.63, 3.8) is 0 Å². The molecule has 0 atom stereocenters. The number of anilines is 1. The first-order chi connectivity index (χ1) is 11.6. The lowest BCUT2D eigenvalue weighted by Gasteiger charge is -2.13. The molecule has 120 valence electrons. The number of benzene rings is 2. The summed E-state index contributed by atoms with van der Waals surface area (Å²) < 4.78 is 6.48. The molecule has 1 fully saturated rings. The van der Waals surface area contributed by atoms with Crippen LogP contribution in [0.5, 0.6) is 5.75 Å². The Morgan fingerprint density at radius 2 is 1.75 bits per heavy atom. The van der Waals surface area contributed by atoms with Gasteiger partial charge in [-0.1, -0.05) is 48.6 Å². The minimum atomic E-state index is -0.122. The summed E-state index contributed by atoms with van der Waals surface area (Å²) in [6, 6.07) is 16.2. The molecule has 0 unspecified atom stereocenters. The Hall–Kier alpha value is -2.31. The molecular weight excluding hydrogens is 340 g/mol. The third-order valence-corrected chi connectivity index (χ3v) is 5.62. The Kier molecular flexibility index (Phi) is 3.58. The molecule has 0 aromatic heterocycles. The summed E-state index contributed by atoms with van der Waals surface area (Å²) in [4.78, 5) is 16.2. The summed E-state index contributed by atoms with van der Waals surface area (Å²) in [5.74, 6) is 1.16. The molecule has 1 amide bonds. The van der Waals surface area contributed by atoms with E-state index in [0.717, 1.165) is 22.6 Å². The number of thioether (sulfide) groups is 1. The minimum Gasteiger partial charge on any atom is -0.437 e. The van der Waals surface area contributed by atoms with Gasteiger partial charge in [0.25, 0.3) is 5.91 Å². The monoisotopic (exact) mass is 354 g/mol. The average molecular weight is 354 g/mol. The number of carbonyl (C=O) groups is 1. The van der Waals surface area contributed by atoms with Crippen LogP contribution in [0.3, 0.4) is 0 Å². The fourth-order valence-electron chi connectivity index (χ4n) is 2.73. The highest BCUT2D eigenvalue weighted by atomic mass is 32.2. The van der Waals surface area contributed by atoms with E-state index in [1.54, 1.807) is 7.05 Å². The van der Waals surface area contributed by atoms with E-state index in [-0.39, 0.29) is 5.91 Å². The molecule has 0 aliphatic carbocycles. The molecule has 0 spiro atoms. The van der Waals surface area contributed by atoms with Crippen LogP contribution in [0.25, 0.3) is 11.1 Å². The van der Waals surface area contributed by atoms with Gasteiger partial charge in [-0.3, -0.25) is 9.69 Å². The zero-order valence-corrected chi connectivity index (χ0v) is 14.8. The van der Waals surface area contributed by atoms with Gasteiger partial charge >= 0.3 is 0 Å². The SMILES string of the molecule is CN1C(=O)/C(=C2\Oc3ccc(-c4ccccc4)cc3N2C)SC1=S. The maximum atomic E-state index is 12.3. The Morgan fingerprint density at radius 1 is 1.00 bits per heavy atom. The second-order valence-electron chi connectivity index (χ2n) is 5.58. The van der Waals surface area contributed by atoms with Crippen molar-refractivity contribution in [1.29, 1.82) is 0 Å². The third-order valence-electron chi connectivity index (χ3n) is 4.10. The van der Waals surface area contributed by atoms with E-state index in [4.69, 9.17) is 17.0 Å². The molecule has 2 aromatic rings. The van der Waals surface area contributed by atoms with Crippen molar-refractivity contribution in [3.05, 3.63) is 59.3 Å². The van der Waals surface area contributed by atoms with E-state index in [1.165, 1.54) is 16.7 Å². The predicted octanol–water partition coefficient (Wildman–Crippen LogP) is 3.84. The van der Waals surface area contributed by atoms with Gasteiger partial charge in [0.05, 0.1) is 5.69 Å². The lowest BCUT2D eigenvalue weighted by atomic mass is 10.0. The van der Waals surface area contributed by atoms with Crippen LogP contribution < -0.4 is 9.64 Å². The van der Waals surface area contributed by atoms with Gasteiger partial charge in [-0.2, -0.15) is 0 Å². The van der Waals surface area contributed by atoms with Crippen LogP contribution in [-0.4, -0.2) is 29.2 Å². The van der Waals surface area contributed by atoms with Crippen LogP contribution in [0, 0.1) is 0 Å². The highest BCUT2D eigenvalue weighted by molar-refractivity contribution is 8.26. The van der Waals surface area contributed by atoms with Crippen LogP contribution in [-0.2, 0) is 4.79 Å². The zero-order chi connectivity index (χ0) is 16.8. The van der Waals surface area contributed by atoms with Crippen molar-refractivity contribution >= 4 is 39.9 Å². The number of ether oxygens (including phenoxy) is 1. The average Bonchev–Trinajstić information content (AvgIpc) is 3.07. The normalized spacial score (nSPS) is 19.8. The van der Waals surface area contributed by atoms with Crippen molar-refractivity contribution in [1.82, 2.24) is 4.90 Å². The second-order valence-corrected chi connectivity index (χ2v) is 7.22. The van der Waals surface area contributed by atoms with Gasteiger partial charge in [0, 0.05) is 14.1 Å². The first-order valence-corrected chi connectivity index (χ1v) is 8.64. The van der Waals surface area contributed by atoms with Crippen LogP contribution in [0.2, 0.25) is 0 Å². The number of carbonyl (C=O) groups excluding carboxylic acids is 1. The van der Waals surface area contributed by atoms with Crippen LogP contribution in [0.1, 0.15) is 0 Å². The van der Waals surface area contributed by atoms with E-state index >= 15 is 0 Å². The van der Waals surface area contributed by atoms with Gasteiger partial charge in [-0.05, 0) is 35.0 Å². The summed E-state index contributed by atoms with van der Waals surface area (Å²) in [7, 11) is 3.58. The van der Waals surface area contributed by atoms with Crippen LogP contribution >= 0.6 is 24.0 Å². The maximum absolute atomic E-state index is 12.3. The molecule has 4 rings (SSSR count). The molecule has 0 N–H and O–H groups in total. The molecule has 2 aromatic carbocycles. The van der Waals surface area contributed by atoms with Crippen molar-refractivity contribution in [2.24, 2.45) is 0 Å². The minimum absolute atomic E-state index is 0.122. The zero-order valence-electron chi connectivity index (χ0n) is 13.1.